The van der Waals surface area contributed by atoms with Crippen LogP contribution in [0.5, 0.6) is 0 Å². The van der Waals surface area contributed by atoms with Crippen molar-refractivity contribution < 1.29 is 0 Å². The maximum Gasteiger partial charge on any atom is 0.207 e. The number of piperidine rings is 1. The third-order valence-electron chi connectivity index (χ3n) is 3.47. The average molecular weight is 264 g/mol. The van der Waals surface area contributed by atoms with Crippen molar-refractivity contribution in [2.75, 3.05) is 19.6 Å². The fourth-order valence-corrected chi connectivity index (χ4v) is 2.70. The Morgan fingerprint density at radius 1 is 1.37 bits per heavy atom. The molecule has 1 N–H and O–H groups in total. The molecule has 1 rings (SSSR count). The molecule has 1 aliphatic heterocycles. The molecule has 0 spiro atoms. The fraction of sp³-hybridized carbons (Fsp3) is 0.867. The summed E-state index contributed by atoms with van der Waals surface area (Å²) in [5, 5.41) is 11.5. The highest BCUT2D eigenvalue weighted by molar-refractivity contribution is 5.81. The molecule has 19 heavy (non-hydrogen) atoms. The lowest BCUT2D eigenvalue weighted by Crippen LogP contribution is -2.44. The second kappa shape index (κ2) is 7.37. The third-order valence-corrected chi connectivity index (χ3v) is 3.47. The molecule has 0 saturated carbocycles. The van der Waals surface area contributed by atoms with E-state index < -0.39 is 0 Å². The van der Waals surface area contributed by atoms with Gasteiger partial charge in [0.05, 0.1) is 0 Å². The predicted octanol–water partition coefficient (Wildman–Crippen LogP) is 2.97. The van der Waals surface area contributed by atoms with Crippen LogP contribution in [0.15, 0.2) is 4.99 Å². The minimum absolute atomic E-state index is 0.414. The molecule has 1 fully saturated rings. The summed E-state index contributed by atoms with van der Waals surface area (Å²) in [7, 11) is 0. The van der Waals surface area contributed by atoms with Gasteiger partial charge in [0.1, 0.15) is 0 Å². The van der Waals surface area contributed by atoms with Crippen molar-refractivity contribution in [1.29, 1.82) is 5.26 Å². The van der Waals surface area contributed by atoms with E-state index in [0.717, 1.165) is 37.9 Å². The molecule has 1 heterocycles. The zero-order valence-corrected chi connectivity index (χ0v) is 12.9. The van der Waals surface area contributed by atoms with Crippen LogP contribution in [-0.2, 0) is 0 Å². The second-order valence-corrected chi connectivity index (χ2v) is 6.64. The van der Waals surface area contributed by atoms with Gasteiger partial charge in [-0.25, -0.2) is 0 Å². The van der Waals surface area contributed by atoms with Crippen LogP contribution in [0.3, 0.4) is 0 Å². The van der Waals surface area contributed by atoms with Crippen molar-refractivity contribution in [3.63, 3.8) is 0 Å². The van der Waals surface area contributed by atoms with E-state index in [1.54, 1.807) is 0 Å². The van der Waals surface area contributed by atoms with Gasteiger partial charge in [-0.1, -0.05) is 27.7 Å². The Hall–Kier alpha value is -1.24. The van der Waals surface area contributed by atoms with E-state index in [2.05, 4.69) is 42.9 Å². The first-order chi connectivity index (χ1) is 8.96. The summed E-state index contributed by atoms with van der Waals surface area (Å²) in [5.74, 6) is 1.57. The third kappa shape index (κ3) is 5.96. The molecule has 0 aromatic heterocycles. The summed E-state index contributed by atoms with van der Waals surface area (Å²) in [6, 6.07) is 0. The van der Waals surface area contributed by atoms with Crippen molar-refractivity contribution in [3.05, 3.63) is 0 Å². The van der Waals surface area contributed by atoms with E-state index in [1.165, 1.54) is 19.3 Å². The fourth-order valence-electron chi connectivity index (χ4n) is 2.70. The van der Waals surface area contributed by atoms with Crippen LogP contribution in [-0.4, -0.2) is 30.5 Å². The summed E-state index contributed by atoms with van der Waals surface area (Å²) in [5.41, 5.74) is 0.414. The number of hydrogen-bond donors (Lipinski definition) is 1. The summed E-state index contributed by atoms with van der Waals surface area (Å²) >= 11 is 0. The molecule has 0 aromatic rings. The normalized spacial score (nSPS) is 18.3. The topological polar surface area (TPSA) is 51.4 Å². The van der Waals surface area contributed by atoms with E-state index in [4.69, 9.17) is 5.26 Å². The first-order valence-electron chi connectivity index (χ1n) is 7.40. The molecule has 0 unspecified atom stereocenters. The number of likely N-dealkylation sites (tertiary alicyclic amines) is 1. The van der Waals surface area contributed by atoms with Crippen LogP contribution in [0, 0.1) is 22.8 Å². The lowest BCUT2D eigenvalue weighted by Gasteiger charge is -2.36. The van der Waals surface area contributed by atoms with E-state index in [-0.39, 0.29) is 0 Å². The van der Waals surface area contributed by atoms with Crippen LogP contribution in [0.2, 0.25) is 0 Å². The monoisotopic (exact) mass is 264 g/mol. The molecule has 0 aliphatic carbocycles. The van der Waals surface area contributed by atoms with Gasteiger partial charge in [-0.15, -0.1) is 0 Å². The Morgan fingerprint density at radius 2 is 2.00 bits per heavy atom. The first-order valence-corrected chi connectivity index (χ1v) is 7.40. The zero-order chi connectivity index (χ0) is 14.3. The van der Waals surface area contributed by atoms with Gasteiger partial charge in [-0.2, -0.15) is 5.26 Å². The van der Waals surface area contributed by atoms with Gasteiger partial charge in [-0.3, -0.25) is 10.3 Å². The SMILES string of the molecule is CCCN=C(NC#N)N1CCC(CC(C)(C)C)CC1. The minimum Gasteiger partial charge on any atom is -0.342 e. The van der Waals surface area contributed by atoms with Crippen LogP contribution < -0.4 is 5.32 Å². The smallest absolute Gasteiger partial charge is 0.207 e. The number of aliphatic imine (C=N–C) groups is 1. The van der Waals surface area contributed by atoms with E-state index in [0.29, 0.717) is 5.41 Å². The van der Waals surface area contributed by atoms with Crippen molar-refractivity contribution in [3.8, 4) is 6.19 Å². The van der Waals surface area contributed by atoms with Gasteiger partial charge in [0, 0.05) is 19.6 Å². The maximum absolute atomic E-state index is 8.80. The number of rotatable bonds is 3. The van der Waals surface area contributed by atoms with Crippen LogP contribution in [0.1, 0.15) is 53.4 Å². The number of nitrogens with zero attached hydrogens (tertiary/aromatic N) is 3. The van der Waals surface area contributed by atoms with Gasteiger partial charge >= 0.3 is 0 Å². The van der Waals surface area contributed by atoms with Crippen molar-refractivity contribution >= 4 is 5.96 Å². The standard InChI is InChI=1S/C15H28N4/c1-5-8-17-14(18-12-16)19-9-6-13(7-10-19)11-15(2,3)4/h13H,5-11H2,1-4H3,(H,17,18). The largest absolute Gasteiger partial charge is 0.342 e. The highest BCUT2D eigenvalue weighted by Crippen LogP contribution is 2.30. The summed E-state index contributed by atoms with van der Waals surface area (Å²) in [4.78, 5) is 6.68. The molecule has 108 valence electrons. The van der Waals surface area contributed by atoms with Crippen molar-refractivity contribution in [2.24, 2.45) is 16.3 Å². The predicted molar refractivity (Wildman–Crippen MR) is 79.7 cm³/mol. The van der Waals surface area contributed by atoms with Crippen molar-refractivity contribution in [1.82, 2.24) is 10.2 Å². The second-order valence-electron chi connectivity index (χ2n) is 6.64. The molecule has 4 nitrogen and oxygen atoms in total. The Bertz CT molecular complexity index is 327. The van der Waals surface area contributed by atoms with Gasteiger partial charge in [0.15, 0.2) is 6.19 Å². The number of guanidine groups is 1. The van der Waals surface area contributed by atoms with E-state index in [9.17, 15) is 0 Å². The first kappa shape index (κ1) is 15.8. The zero-order valence-electron chi connectivity index (χ0n) is 12.9. The molecule has 0 radical (unpaired) electrons. The summed E-state index contributed by atoms with van der Waals surface area (Å²) < 4.78 is 0. The number of nitrogens with one attached hydrogen (secondary N) is 1. The van der Waals surface area contributed by atoms with E-state index in [1.807, 2.05) is 6.19 Å². The quantitative estimate of drug-likeness (QED) is 0.369. The molecule has 0 aromatic carbocycles. The molecule has 1 aliphatic rings. The van der Waals surface area contributed by atoms with Crippen LogP contribution in [0.25, 0.3) is 0 Å². The molecular formula is C15H28N4. The van der Waals surface area contributed by atoms with Gasteiger partial charge in [0.25, 0.3) is 0 Å². The Balaban J connectivity index is 2.49. The molecular weight excluding hydrogens is 236 g/mol. The van der Waals surface area contributed by atoms with Crippen LogP contribution in [0.4, 0.5) is 0 Å². The minimum atomic E-state index is 0.414. The van der Waals surface area contributed by atoms with E-state index >= 15 is 0 Å². The summed E-state index contributed by atoms with van der Waals surface area (Å²) in [6.45, 7) is 11.8. The Kier molecular flexibility index (Phi) is 6.14. The number of hydrogen-bond acceptors (Lipinski definition) is 2. The average Bonchev–Trinajstić information content (AvgIpc) is 2.34. The number of nitriles is 1. The summed E-state index contributed by atoms with van der Waals surface area (Å²) in [6.07, 6.45) is 6.71. The lowest BCUT2D eigenvalue weighted by molar-refractivity contribution is 0.200. The van der Waals surface area contributed by atoms with Gasteiger partial charge in [-0.05, 0) is 37.0 Å². The highest BCUT2D eigenvalue weighted by atomic mass is 15.3. The maximum atomic E-state index is 8.80. The van der Waals surface area contributed by atoms with Gasteiger partial charge in [0.2, 0.25) is 5.96 Å². The van der Waals surface area contributed by atoms with Gasteiger partial charge < -0.3 is 4.90 Å². The molecule has 0 bridgehead atoms. The Labute approximate surface area is 117 Å². The lowest BCUT2D eigenvalue weighted by atomic mass is 9.80. The van der Waals surface area contributed by atoms with Crippen molar-refractivity contribution in [2.45, 2.75) is 53.4 Å². The molecule has 1 saturated heterocycles. The Morgan fingerprint density at radius 3 is 2.47 bits per heavy atom. The molecule has 0 amide bonds. The van der Waals surface area contributed by atoms with Crippen LogP contribution >= 0.6 is 0 Å². The molecule has 4 heteroatoms. The molecule has 0 atom stereocenters. The highest BCUT2D eigenvalue weighted by Gasteiger charge is 2.25.